The summed E-state index contributed by atoms with van der Waals surface area (Å²) in [6.07, 6.45) is 0. The quantitative estimate of drug-likeness (QED) is 0.633. The highest BCUT2D eigenvalue weighted by molar-refractivity contribution is 5.92. The minimum Gasteiger partial charge on any atom is -0.496 e. The van der Waals surface area contributed by atoms with Gasteiger partial charge < -0.3 is 25.3 Å². The van der Waals surface area contributed by atoms with Crippen LogP contribution in [0.15, 0.2) is 47.5 Å². The summed E-state index contributed by atoms with van der Waals surface area (Å²) in [5, 5.41) is 3.03. The molecule has 0 aliphatic heterocycles. The second-order valence-electron chi connectivity index (χ2n) is 4.70. The summed E-state index contributed by atoms with van der Waals surface area (Å²) in [6, 6.07) is 13.2. The van der Waals surface area contributed by atoms with Crippen molar-refractivity contribution in [1.29, 1.82) is 0 Å². The Morgan fingerprint density at radius 2 is 1.61 bits per heavy atom. The van der Waals surface area contributed by atoms with Crippen LogP contribution in [-0.2, 0) is 6.54 Å². The van der Waals surface area contributed by atoms with Crippen LogP contribution < -0.4 is 25.3 Å². The van der Waals surface area contributed by atoms with E-state index in [0.29, 0.717) is 29.8 Å². The first-order valence-corrected chi connectivity index (χ1v) is 7.08. The number of hydrogen-bond donors (Lipinski definition) is 2. The van der Waals surface area contributed by atoms with Gasteiger partial charge in [-0.05, 0) is 12.1 Å². The molecule has 0 aliphatic rings. The summed E-state index contributed by atoms with van der Waals surface area (Å²) < 4.78 is 16.0. The summed E-state index contributed by atoms with van der Waals surface area (Å²) in [5.41, 5.74) is 7.60. The van der Waals surface area contributed by atoms with Gasteiger partial charge >= 0.3 is 0 Å². The number of benzene rings is 2. The first-order chi connectivity index (χ1) is 11.2. The van der Waals surface area contributed by atoms with Gasteiger partial charge in [0.05, 0.1) is 33.4 Å². The molecule has 0 saturated carbocycles. The lowest BCUT2D eigenvalue weighted by atomic mass is 10.1. The van der Waals surface area contributed by atoms with Crippen LogP contribution in [0.25, 0.3) is 0 Å². The third-order valence-corrected chi connectivity index (χ3v) is 3.27. The molecule has 2 aromatic carbocycles. The van der Waals surface area contributed by atoms with Gasteiger partial charge in [0, 0.05) is 17.8 Å². The summed E-state index contributed by atoms with van der Waals surface area (Å²) >= 11 is 0. The number of anilines is 1. The third kappa shape index (κ3) is 4.29. The molecular formula is C17H21N3O3. The monoisotopic (exact) mass is 315 g/mol. The Kier molecular flexibility index (Phi) is 5.68. The number of para-hydroxylation sites is 1. The van der Waals surface area contributed by atoms with Crippen molar-refractivity contribution in [3.63, 3.8) is 0 Å². The fourth-order valence-corrected chi connectivity index (χ4v) is 2.11. The van der Waals surface area contributed by atoms with Crippen molar-refractivity contribution in [2.45, 2.75) is 6.54 Å². The Bertz CT molecular complexity index is 647. The van der Waals surface area contributed by atoms with Gasteiger partial charge in [0.1, 0.15) is 17.2 Å². The molecule has 0 bridgehead atoms. The third-order valence-electron chi connectivity index (χ3n) is 3.27. The van der Waals surface area contributed by atoms with Gasteiger partial charge in [-0.25, -0.2) is 4.99 Å². The fraction of sp³-hybridized carbons (Fsp3) is 0.235. The zero-order valence-corrected chi connectivity index (χ0v) is 13.5. The predicted molar refractivity (Wildman–Crippen MR) is 91.5 cm³/mol. The maximum absolute atomic E-state index is 5.93. The molecule has 6 nitrogen and oxygen atoms in total. The molecule has 0 amide bonds. The van der Waals surface area contributed by atoms with Crippen molar-refractivity contribution < 1.29 is 14.2 Å². The number of hydrogen-bond acceptors (Lipinski definition) is 4. The van der Waals surface area contributed by atoms with E-state index in [2.05, 4.69) is 10.3 Å². The number of nitrogens with zero attached hydrogens (tertiary/aromatic N) is 1. The highest BCUT2D eigenvalue weighted by Crippen LogP contribution is 2.34. The van der Waals surface area contributed by atoms with Crippen molar-refractivity contribution in [3.8, 4) is 17.2 Å². The average molecular weight is 315 g/mol. The Balaban J connectivity index is 2.20. The summed E-state index contributed by atoms with van der Waals surface area (Å²) in [4.78, 5) is 4.34. The van der Waals surface area contributed by atoms with Gasteiger partial charge in [0.15, 0.2) is 5.96 Å². The molecule has 0 atom stereocenters. The molecule has 0 radical (unpaired) electrons. The molecule has 0 aliphatic carbocycles. The minimum absolute atomic E-state index is 0.316. The van der Waals surface area contributed by atoms with E-state index in [4.69, 9.17) is 19.9 Å². The number of rotatable bonds is 6. The van der Waals surface area contributed by atoms with E-state index in [1.54, 1.807) is 33.5 Å². The summed E-state index contributed by atoms with van der Waals surface area (Å²) in [7, 11) is 4.77. The van der Waals surface area contributed by atoms with Gasteiger partial charge in [0.2, 0.25) is 0 Å². The predicted octanol–water partition coefficient (Wildman–Crippen LogP) is 2.64. The van der Waals surface area contributed by atoms with Crippen LogP contribution in [0, 0.1) is 0 Å². The van der Waals surface area contributed by atoms with Crippen LogP contribution in [-0.4, -0.2) is 27.3 Å². The van der Waals surface area contributed by atoms with E-state index in [1.165, 1.54) is 0 Å². The molecule has 6 heteroatoms. The first-order valence-electron chi connectivity index (χ1n) is 7.08. The maximum atomic E-state index is 5.93. The second kappa shape index (κ2) is 7.93. The molecule has 0 heterocycles. The SMILES string of the molecule is COc1cc(OC)c(CN=C(N)Nc2ccccc2)c(OC)c1. The van der Waals surface area contributed by atoms with Crippen LogP contribution in [0.3, 0.4) is 0 Å². The molecule has 0 spiro atoms. The van der Waals surface area contributed by atoms with Crippen LogP contribution in [0.1, 0.15) is 5.56 Å². The highest BCUT2D eigenvalue weighted by atomic mass is 16.5. The Hall–Kier alpha value is -2.89. The molecule has 0 fully saturated rings. The molecule has 0 saturated heterocycles. The van der Waals surface area contributed by atoms with Gasteiger partial charge in [-0.2, -0.15) is 0 Å². The van der Waals surface area contributed by atoms with Crippen molar-refractivity contribution in [1.82, 2.24) is 0 Å². The lowest BCUT2D eigenvalue weighted by Crippen LogP contribution is -2.22. The molecule has 3 N–H and O–H groups in total. The smallest absolute Gasteiger partial charge is 0.193 e. The number of guanidine groups is 1. The highest BCUT2D eigenvalue weighted by Gasteiger charge is 2.13. The van der Waals surface area contributed by atoms with Gasteiger partial charge in [0.25, 0.3) is 0 Å². The molecule has 0 unspecified atom stereocenters. The van der Waals surface area contributed by atoms with Crippen LogP contribution in [0.2, 0.25) is 0 Å². The van der Waals surface area contributed by atoms with Crippen molar-refractivity contribution in [2.75, 3.05) is 26.6 Å². The normalized spacial score (nSPS) is 11.0. The Labute approximate surface area is 135 Å². The lowest BCUT2D eigenvalue weighted by molar-refractivity contribution is 0.369. The topological polar surface area (TPSA) is 78.1 Å². The number of ether oxygens (including phenoxy) is 3. The van der Waals surface area contributed by atoms with Crippen molar-refractivity contribution >= 4 is 11.6 Å². The number of nitrogens with one attached hydrogen (secondary N) is 1. The Morgan fingerprint density at radius 1 is 1.00 bits per heavy atom. The van der Waals surface area contributed by atoms with E-state index in [9.17, 15) is 0 Å². The van der Waals surface area contributed by atoms with Crippen LogP contribution in [0.4, 0.5) is 5.69 Å². The first kappa shape index (κ1) is 16.5. The number of nitrogens with two attached hydrogens (primary N) is 1. The fourth-order valence-electron chi connectivity index (χ4n) is 2.11. The van der Waals surface area contributed by atoms with Crippen LogP contribution >= 0.6 is 0 Å². The van der Waals surface area contributed by atoms with Crippen molar-refractivity contribution in [3.05, 3.63) is 48.0 Å². The van der Waals surface area contributed by atoms with E-state index < -0.39 is 0 Å². The van der Waals surface area contributed by atoms with Gasteiger partial charge in [-0.1, -0.05) is 18.2 Å². The van der Waals surface area contributed by atoms with Gasteiger partial charge in [-0.3, -0.25) is 0 Å². The minimum atomic E-state index is 0.316. The largest absolute Gasteiger partial charge is 0.496 e. The maximum Gasteiger partial charge on any atom is 0.193 e. The summed E-state index contributed by atoms with van der Waals surface area (Å²) in [6.45, 7) is 0.321. The van der Waals surface area contributed by atoms with E-state index in [1.807, 2.05) is 30.3 Å². The summed E-state index contributed by atoms with van der Waals surface area (Å²) in [5.74, 6) is 2.24. The Morgan fingerprint density at radius 3 is 2.13 bits per heavy atom. The number of aliphatic imine (C=N–C) groups is 1. The number of methoxy groups -OCH3 is 3. The zero-order chi connectivity index (χ0) is 16.7. The molecule has 23 heavy (non-hydrogen) atoms. The van der Waals surface area contributed by atoms with E-state index in [0.717, 1.165) is 11.3 Å². The van der Waals surface area contributed by atoms with E-state index in [-0.39, 0.29) is 0 Å². The molecular weight excluding hydrogens is 294 g/mol. The standard InChI is InChI=1S/C17H21N3O3/c1-21-13-9-15(22-2)14(16(10-13)23-3)11-19-17(18)20-12-7-5-4-6-8-12/h4-10H,11H2,1-3H3,(H3,18,19,20). The lowest BCUT2D eigenvalue weighted by Gasteiger charge is -2.14. The van der Waals surface area contributed by atoms with Gasteiger partial charge in [-0.15, -0.1) is 0 Å². The second-order valence-corrected chi connectivity index (χ2v) is 4.70. The molecule has 2 aromatic rings. The van der Waals surface area contributed by atoms with Crippen LogP contribution in [0.5, 0.6) is 17.2 Å². The average Bonchev–Trinajstić information content (AvgIpc) is 2.59. The van der Waals surface area contributed by atoms with E-state index >= 15 is 0 Å². The molecule has 2 rings (SSSR count). The molecule has 122 valence electrons. The van der Waals surface area contributed by atoms with Crippen molar-refractivity contribution in [2.24, 2.45) is 10.7 Å². The zero-order valence-electron chi connectivity index (χ0n) is 13.5. The molecule has 0 aromatic heterocycles.